The van der Waals surface area contributed by atoms with Gasteiger partial charge in [0, 0.05) is 19.7 Å². The lowest BCUT2D eigenvalue weighted by molar-refractivity contribution is 0.140. The zero-order valence-electron chi connectivity index (χ0n) is 8.82. The molecule has 0 fully saturated rings. The van der Waals surface area contributed by atoms with E-state index in [0.717, 1.165) is 0 Å². The van der Waals surface area contributed by atoms with E-state index >= 15 is 0 Å². The second kappa shape index (κ2) is 7.17. The lowest BCUT2D eigenvalue weighted by Crippen LogP contribution is -2.32. The van der Waals surface area contributed by atoms with Crippen LogP contribution < -0.4 is 10.5 Å². The Balaban J connectivity index is 3.46. The van der Waals surface area contributed by atoms with Gasteiger partial charge >= 0.3 is 0 Å². The molecule has 0 aromatic heterocycles. The first-order valence-corrected chi connectivity index (χ1v) is 6.31. The average Bonchev–Trinajstić information content (AvgIpc) is 2.10. The van der Waals surface area contributed by atoms with Gasteiger partial charge in [0.2, 0.25) is 10.0 Å². The van der Waals surface area contributed by atoms with Gasteiger partial charge in [0.15, 0.2) is 0 Å². The molecule has 5 nitrogen and oxygen atoms in total. The van der Waals surface area contributed by atoms with Crippen molar-refractivity contribution in [2.75, 3.05) is 26.3 Å². The van der Waals surface area contributed by atoms with Crippen molar-refractivity contribution >= 4 is 10.0 Å². The van der Waals surface area contributed by atoms with Crippen LogP contribution in [0.25, 0.3) is 0 Å². The van der Waals surface area contributed by atoms with Gasteiger partial charge in [0.1, 0.15) is 0 Å². The first kappa shape index (κ1) is 13.8. The van der Waals surface area contributed by atoms with Gasteiger partial charge in [-0.25, -0.2) is 13.1 Å². The second-order valence-corrected chi connectivity index (χ2v) is 5.56. The molecule has 0 rings (SSSR count). The molecular formula is C8H20N2O3S. The van der Waals surface area contributed by atoms with E-state index in [1.54, 1.807) is 13.8 Å². The molecule has 0 amide bonds. The van der Waals surface area contributed by atoms with Crippen LogP contribution in [0.15, 0.2) is 0 Å². The minimum atomic E-state index is -3.12. The van der Waals surface area contributed by atoms with Gasteiger partial charge in [-0.15, -0.1) is 0 Å². The van der Waals surface area contributed by atoms with E-state index in [-0.39, 0.29) is 5.25 Å². The lowest BCUT2D eigenvalue weighted by atomic mass is 10.5. The van der Waals surface area contributed by atoms with Gasteiger partial charge in [-0.05, 0) is 20.3 Å². The van der Waals surface area contributed by atoms with Crippen LogP contribution in [-0.2, 0) is 14.8 Å². The van der Waals surface area contributed by atoms with E-state index in [1.807, 2.05) is 0 Å². The molecule has 0 aromatic carbocycles. The van der Waals surface area contributed by atoms with Gasteiger partial charge in [0.25, 0.3) is 0 Å². The Morgan fingerprint density at radius 3 is 2.50 bits per heavy atom. The van der Waals surface area contributed by atoms with Crippen molar-refractivity contribution in [2.24, 2.45) is 5.73 Å². The highest BCUT2D eigenvalue weighted by molar-refractivity contribution is 7.90. The molecule has 0 atom stereocenters. The van der Waals surface area contributed by atoms with Crippen molar-refractivity contribution in [2.45, 2.75) is 25.5 Å². The van der Waals surface area contributed by atoms with E-state index in [4.69, 9.17) is 10.5 Å². The quantitative estimate of drug-likeness (QED) is 0.554. The van der Waals surface area contributed by atoms with Gasteiger partial charge in [-0.1, -0.05) is 0 Å². The van der Waals surface area contributed by atoms with Crippen LogP contribution in [0.1, 0.15) is 20.3 Å². The number of nitrogens with one attached hydrogen (secondary N) is 1. The summed E-state index contributed by atoms with van der Waals surface area (Å²) >= 11 is 0. The Morgan fingerprint density at radius 2 is 2.00 bits per heavy atom. The van der Waals surface area contributed by atoms with Crippen LogP contribution >= 0.6 is 0 Å². The van der Waals surface area contributed by atoms with Gasteiger partial charge in [-0.2, -0.15) is 0 Å². The Labute approximate surface area is 86.1 Å². The number of sulfonamides is 1. The van der Waals surface area contributed by atoms with Crippen molar-refractivity contribution in [3.8, 4) is 0 Å². The third-order valence-corrected chi connectivity index (χ3v) is 3.50. The molecule has 0 radical (unpaired) electrons. The highest BCUT2D eigenvalue weighted by Crippen LogP contribution is 1.95. The second-order valence-electron chi connectivity index (χ2n) is 3.24. The fraction of sp³-hybridized carbons (Fsp3) is 1.00. The molecule has 0 aliphatic rings. The molecule has 0 aliphatic heterocycles. The summed E-state index contributed by atoms with van der Waals surface area (Å²) in [7, 11) is -3.12. The summed E-state index contributed by atoms with van der Waals surface area (Å²) in [4.78, 5) is 0. The molecule has 0 aromatic rings. The molecule has 0 aliphatic carbocycles. The van der Waals surface area contributed by atoms with Crippen molar-refractivity contribution in [1.82, 2.24) is 4.72 Å². The molecule has 3 N–H and O–H groups in total. The molecular weight excluding hydrogens is 204 g/mol. The molecule has 0 unspecified atom stereocenters. The van der Waals surface area contributed by atoms with Crippen LogP contribution in [0.4, 0.5) is 0 Å². The molecule has 0 heterocycles. The normalized spacial score (nSPS) is 12.3. The summed E-state index contributed by atoms with van der Waals surface area (Å²) in [6.07, 6.45) is 0.673. The number of ether oxygens (including phenoxy) is 1. The van der Waals surface area contributed by atoms with Gasteiger partial charge < -0.3 is 10.5 Å². The largest absolute Gasteiger partial charge is 0.380 e. The highest BCUT2D eigenvalue weighted by atomic mass is 32.2. The predicted octanol–water partition coefficient (Wildman–Crippen LogP) is -0.320. The van der Waals surface area contributed by atoms with Crippen molar-refractivity contribution in [1.29, 1.82) is 0 Å². The lowest BCUT2D eigenvalue weighted by Gasteiger charge is -2.09. The van der Waals surface area contributed by atoms with Gasteiger partial charge in [-0.3, -0.25) is 0 Å². The van der Waals surface area contributed by atoms with Gasteiger partial charge in [0.05, 0.1) is 11.9 Å². The zero-order valence-corrected chi connectivity index (χ0v) is 9.64. The topological polar surface area (TPSA) is 81.4 Å². The Kier molecular flexibility index (Phi) is 7.08. The zero-order chi connectivity index (χ0) is 11.0. The van der Waals surface area contributed by atoms with E-state index < -0.39 is 10.0 Å². The minimum Gasteiger partial charge on any atom is -0.380 e. The molecule has 0 spiro atoms. The average molecular weight is 224 g/mol. The highest BCUT2D eigenvalue weighted by Gasteiger charge is 2.13. The summed E-state index contributed by atoms with van der Waals surface area (Å²) in [6, 6.07) is 0. The summed E-state index contributed by atoms with van der Waals surface area (Å²) in [5.41, 5.74) is 5.22. The smallest absolute Gasteiger partial charge is 0.213 e. The van der Waals surface area contributed by atoms with Crippen molar-refractivity contribution in [3.05, 3.63) is 0 Å². The molecule has 86 valence electrons. The van der Waals surface area contributed by atoms with Crippen molar-refractivity contribution < 1.29 is 13.2 Å². The molecule has 0 saturated carbocycles. The molecule has 0 saturated heterocycles. The monoisotopic (exact) mass is 224 g/mol. The first-order chi connectivity index (χ1) is 6.50. The van der Waals surface area contributed by atoms with Crippen LogP contribution in [0.3, 0.4) is 0 Å². The maximum absolute atomic E-state index is 11.2. The summed E-state index contributed by atoms with van der Waals surface area (Å²) in [5, 5.41) is -0.382. The summed E-state index contributed by atoms with van der Waals surface area (Å²) < 4.78 is 30.1. The number of hydrogen-bond acceptors (Lipinski definition) is 4. The van der Waals surface area contributed by atoms with Crippen LogP contribution in [0.5, 0.6) is 0 Å². The third-order valence-electron chi connectivity index (χ3n) is 1.65. The Hall–Kier alpha value is -0.170. The number of rotatable bonds is 8. The van der Waals surface area contributed by atoms with E-state index in [0.29, 0.717) is 32.7 Å². The third kappa shape index (κ3) is 6.31. The molecule has 0 bridgehead atoms. The summed E-state index contributed by atoms with van der Waals surface area (Å²) in [5.74, 6) is 0. The maximum atomic E-state index is 11.2. The molecule has 6 heteroatoms. The van der Waals surface area contributed by atoms with Crippen LogP contribution in [0.2, 0.25) is 0 Å². The Bertz CT molecular complexity index is 227. The first-order valence-electron chi connectivity index (χ1n) is 4.77. The minimum absolute atomic E-state index is 0.382. The van der Waals surface area contributed by atoms with E-state index in [9.17, 15) is 8.42 Å². The Morgan fingerprint density at radius 1 is 1.36 bits per heavy atom. The number of nitrogens with two attached hydrogens (primary N) is 1. The predicted molar refractivity (Wildman–Crippen MR) is 56.5 cm³/mol. The number of hydrogen-bond donors (Lipinski definition) is 2. The van der Waals surface area contributed by atoms with E-state index in [2.05, 4.69) is 4.72 Å². The van der Waals surface area contributed by atoms with Crippen LogP contribution in [0, 0.1) is 0 Å². The summed E-state index contributed by atoms with van der Waals surface area (Å²) in [6.45, 7) is 5.28. The SMILES string of the molecule is CC(C)S(=O)(=O)NCCCOCCN. The fourth-order valence-corrected chi connectivity index (χ4v) is 1.50. The van der Waals surface area contributed by atoms with Crippen LogP contribution in [-0.4, -0.2) is 40.0 Å². The van der Waals surface area contributed by atoms with Crippen molar-refractivity contribution in [3.63, 3.8) is 0 Å². The fourth-order valence-electron chi connectivity index (χ4n) is 0.741. The van der Waals surface area contributed by atoms with E-state index in [1.165, 1.54) is 0 Å². The standard InChI is InChI=1S/C8H20N2O3S/c1-8(2)14(11,12)10-5-3-6-13-7-4-9/h8,10H,3-7,9H2,1-2H3. The molecule has 14 heavy (non-hydrogen) atoms. The maximum Gasteiger partial charge on any atom is 0.213 e.